The van der Waals surface area contributed by atoms with Gasteiger partial charge in [-0.25, -0.2) is 15.0 Å². The van der Waals surface area contributed by atoms with Crippen LogP contribution in [0.2, 0.25) is 0 Å². The largest absolute Gasteiger partial charge is 0.328 e. The number of amides is 1. The van der Waals surface area contributed by atoms with E-state index in [1.54, 1.807) is 11.1 Å². The minimum atomic E-state index is 0.0381. The van der Waals surface area contributed by atoms with Crippen LogP contribution in [0.3, 0.4) is 0 Å². The minimum Gasteiger partial charge on any atom is -0.328 e. The highest BCUT2D eigenvalue weighted by atomic mass is 32.1. The fourth-order valence-electron chi connectivity index (χ4n) is 2.12. The first-order chi connectivity index (χ1) is 8.65. The monoisotopic (exact) mass is 260 g/mol. The first-order valence-corrected chi connectivity index (χ1v) is 6.48. The second kappa shape index (κ2) is 4.13. The number of aryl methyl sites for hydroxylation is 2. The van der Waals surface area contributed by atoms with Gasteiger partial charge in [0.1, 0.15) is 11.2 Å². The van der Waals surface area contributed by atoms with Crippen molar-refractivity contribution in [2.24, 2.45) is 0 Å². The molecular weight excluding hydrogens is 248 g/mol. The van der Waals surface area contributed by atoms with Crippen molar-refractivity contribution >= 4 is 17.2 Å². The molecule has 0 aliphatic carbocycles. The molecule has 0 N–H and O–H groups in total. The van der Waals surface area contributed by atoms with Crippen molar-refractivity contribution in [3.63, 3.8) is 0 Å². The van der Waals surface area contributed by atoms with E-state index < -0.39 is 0 Å². The maximum atomic E-state index is 12.4. The standard InChI is InChI=1S/C12H12N4OS/c1-7-11(18-8(2)15-7)12(17)16-4-9-3-13-6-14-10(9)5-16/h3,6H,4-5H2,1-2H3. The van der Waals surface area contributed by atoms with Crippen LogP contribution in [-0.4, -0.2) is 25.8 Å². The lowest BCUT2D eigenvalue weighted by Gasteiger charge is -2.13. The van der Waals surface area contributed by atoms with E-state index in [2.05, 4.69) is 15.0 Å². The molecule has 0 aromatic carbocycles. The lowest BCUT2D eigenvalue weighted by Crippen LogP contribution is -2.25. The van der Waals surface area contributed by atoms with Gasteiger partial charge in [-0.05, 0) is 13.8 Å². The molecule has 0 fully saturated rings. The fraction of sp³-hybridized carbons (Fsp3) is 0.333. The van der Waals surface area contributed by atoms with Crippen LogP contribution in [-0.2, 0) is 13.1 Å². The first-order valence-electron chi connectivity index (χ1n) is 5.66. The third-order valence-corrected chi connectivity index (χ3v) is 4.03. The molecule has 6 heteroatoms. The van der Waals surface area contributed by atoms with E-state index in [1.807, 2.05) is 13.8 Å². The molecule has 1 aliphatic rings. The molecule has 92 valence electrons. The number of aromatic nitrogens is 3. The van der Waals surface area contributed by atoms with E-state index in [0.29, 0.717) is 13.1 Å². The van der Waals surface area contributed by atoms with Gasteiger partial charge in [0.2, 0.25) is 0 Å². The number of hydrogen-bond acceptors (Lipinski definition) is 5. The van der Waals surface area contributed by atoms with Gasteiger partial charge >= 0.3 is 0 Å². The summed E-state index contributed by atoms with van der Waals surface area (Å²) in [5, 5.41) is 0.923. The minimum absolute atomic E-state index is 0.0381. The molecule has 0 atom stereocenters. The van der Waals surface area contributed by atoms with Crippen molar-refractivity contribution in [1.29, 1.82) is 0 Å². The fourth-order valence-corrected chi connectivity index (χ4v) is 3.01. The van der Waals surface area contributed by atoms with Gasteiger partial charge in [-0.3, -0.25) is 4.79 Å². The van der Waals surface area contributed by atoms with Crippen LogP contribution in [0.1, 0.15) is 31.6 Å². The van der Waals surface area contributed by atoms with Gasteiger partial charge in [0.25, 0.3) is 5.91 Å². The van der Waals surface area contributed by atoms with E-state index in [-0.39, 0.29) is 5.91 Å². The van der Waals surface area contributed by atoms with Crippen LogP contribution >= 0.6 is 11.3 Å². The summed E-state index contributed by atoms with van der Waals surface area (Å²) in [7, 11) is 0. The molecule has 0 saturated heterocycles. The highest BCUT2D eigenvalue weighted by Crippen LogP contribution is 2.25. The molecule has 0 unspecified atom stereocenters. The molecule has 0 bridgehead atoms. The Bertz CT molecular complexity index is 597. The Morgan fingerprint density at radius 2 is 2.22 bits per heavy atom. The van der Waals surface area contributed by atoms with Crippen molar-refractivity contribution in [3.8, 4) is 0 Å². The average Bonchev–Trinajstić information content (AvgIpc) is 2.91. The summed E-state index contributed by atoms with van der Waals surface area (Å²) >= 11 is 1.45. The number of hydrogen-bond donors (Lipinski definition) is 0. The summed E-state index contributed by atoms with van der Waals surface area (Å²) in [6, 6.07) is 0. The Labute approximate surface area is 109 Å². The highest BCUT2D eigenvalue weighted by molar-refractivity contribution is 7.13. The number of carbonyl (C=O) groups excluding carboxylic acids is 1. The van der Waals surface area contributed by atoms with Gasteiger partial charge in [0.05, 0.1) is 22.9 Å². The second-order valence-electron chi connectivity index (χ2n) is 4.30. The van der Waals surface area contributed by atoms with E-state index in [1.165, 1.54) is 17.7 Å². The number of nitrogens with zero attached hydrogens (tertiary/aromatic N) is 4. The Morgan fingerprint density at radius 1 is 1.39 bits per heavy atom. The SMILES string of the molecule is Cc1nc(C)c(C(=O)N2Cc3cncnc3C2)s1. The summed E-state index contributed by atoms with van der Waals surface area (Å²) in [5.41, 5.74) is 2.78. The number of fused-ring (bicyclic) bond motifs is 1. The smallest absolute Gasteiger partial charge is 0.266 e. The van der Waals surface area contributed by atoms with Crippen molar-refractivity contribution in [1.82, 2.24) is 19.9 Å². The molecule has 5 nitrogen and oxygen atoms in total. The molecule has 3 rings (SSSR count). The molecule has 0 radical (unpaired) electrons. The van der Waals surface area contributed by atoms with Gasteiger partial charge in [-0.15, -0.1) is 11.3 Å². The van der Waals surface area contributed by atoms with Crippen LogP contribution in [0.4, 0.5) is 0 Å². The zero-order chi connectivity index (χ0) is 12.7. The van der Waals surface area contributed by atoms with Gasteiger partial charge in [0.15, 0.2) is 0 Å². The molecular formula is C12H12N4OS. The summed E-state index contributed by atoms with van der Waals surface area (Å²) in [6.45, 7) is 4.94. The predicted molar refractivity (Wildman–Crippen MR) is 67.2 cm³/mol. The Balaban J connectivity index is 1.87. The van der Waals surface area contributed by atoms with Crippen LogP contribution in [0.5, 0.6) is 0 Å². The molecule has 18 heavy (non-hydrogen) atoms. The maximum Gasteiger partial charge on any atom is 0.266 e. The van der Waals surface area contributed by atoms with E-state index in [0.717, 1.165) is 26.8 Å². The third kappa shape index (κ3) is 1.78. The summed E-state index contributed by atoms with van der Waals surface area (Å²) in [4.78, 5) is 27.4. The number of carbonyl (C=O) groups is 1. The molecule has 3 heterocycles. The van der Waals surface area contributed by atoms with Gasteiger partial charge in [-0.1, -0.05) is 0 Å². The normalized spacial score (nSPS) is 13.8. The van der Waals surface area contributed by atoms with Crippen LogP contribution < -0.4 is 0 Å². The van der Waals surface area contributed by atoms with Crippen LogP contribution in [0.25, 0.3) is 0 Å². The Morgan fingerprint density at radius 3 is 2.89 bits per heavy atom. The summed E-state index contributed by atoms with van der Waals surface area (Å²) < 4.78 is 0. The first kappa shape index (κ1) is 11.3. The Hall–Kier alpha value is -1.82. The van der Waals surface area contributed by atoms with E-state index >= 15 is 0 Å². The van der Waals surface area contributed by atoms with Crippen molar-refractivity contribution in [3.05, 3.63) is 39.4 Å². The zero-order valence-corrected chi connectivity index (χ0v) is 11.0. The average molecular weight is 260 g/mol. The van der Waals surface area contributed by atoms with E-state index in [9.17, 15) is 4.79 Å². The number of rotatable bonds is 1. The molecule has 1 amide bonds. The lowest BCUT2D eigenvalue weighted by atomic mass is 10.3. The van der Waals surface area contributed by atoms with Crippen molar-refractivity contribution in [2.75, 3.05) is 0 Å². The lowest BCUT2D eigenvalue weighted by molar-refractivity contribution is 0.0754. The molecule has 1 aliphatic heterocycles. The Kier molecular flexibility index (Phi) is 2.59. The molecule has 2 aromatic rings. The highest BCUT2D eigenvalue weighted by Gasteiger charge is 2.27. The molecule has 0 saturated carbocycles. The second-order valence-corrected chi connectivity index (χ2v) is 5.51. The predicted octanol–water partition coefficient (Wildman–Crippen LogP) is 1.71. The van der Waals surface area contributed by atoms with Gasteiger partial charge in [-0.2, -0.15) is 0 Å². The quantitative estimate of drug-likeness (QED) is 0.783. The van der Waals surface area contributed by atoms with Gasteiger partial charge < -0.3 is 4.90 Å². The van der Waals surface area contributed by atoms with Crippen LogP contribution in [0, 0.1) is 13.8 Å². The molecule has 0 spiro atoms. The topological polar surface area (TPSA) is 59.0 Å². The number of thiazole rings is 1. The van der Waals surface area contributed by atoms with Crippen LogP contribution in [0.15, 0.2) is 12.5 Å². The summed E-state index contributed by atoms with van der Waals surface area (Å²) in [6.07, 6.45) is 3.30. The zero-order valence-electron chi connectivity index (χ0n) is 10.2. The maximum absolute atomic E-state index is 12.4. The van der Waals surface area contributed by atoms with Gasteiger partial charge in [0, 0.05) is 18.3 Å². The van der Waals surface area contributed by atoms with Crippen molar-refractivity contribution in [2.45, 2.75) is 26.9 Å². The third-order valence-electron chi connectivity index (χ3n) is 2.97. The summed E-state index contributed by atoms with van der Waals surface area (Å²) in [5.74, 6) is 0.0381. The van der Waals surface area contributed by atoms with Crippen molar-refractivity contribution < 1.29 is 4.79 Å². The molecule has 2 aromatic heterocycles. The van der Waals surface area contributed by atoms with E-state index in [4.69, 9.17) is 0 Å².